The fourth-order valence-electron chi connectivity index (χ4n) is 4.64. The number of carbonyl (C=O) groups is 2. The minimum absolute atomic E-state index is 0.0438. The Morgan fingerprint density at radius 1 is 0.951 bits per heavy atom. The molecule has 0 heterocycles. The van der Waals surface area contributed by atoms with E-state index in [2.05, 4.69) is 5.32 Å². The molecule has 220 valence electrons. The fraction of sp³-hybridized carbons (Fsp3) is 0.375. The second-order valence-electron chi connectivity index (χ2n) is 10.5. The summed E-state index contributed by atoms with van der Waals surface area (Å²) in [5.74, 6) is -0.424. The van der Waals surface area contributed by atoms with Gasteiger partial charge in [0.25, 0.3) is 0 Å². The molecule has 0 unspecified atom stereocenters. The van der Waals surface area contributed by atoms with Crippen LogP contribution in [0.5, 0.6) is 0 Å². The number of aryl methyl sites for hydroxylation is 1. The van der Waals surface area contributed by atoms with Crippen molar-refractivity contribution in [3.05, 3.63) is 101 Å². The molecule has 2 atom stereocenters. The first-order valence-corrected chi connectivity index (χ1v) is 16.1. The van der Waals surface area contributed by atoms with Gasteiger partial charge >= 0.3 is 0 Å². The third-order valence-corrected chi connectivity index (χ3v) is 8.39. The van der Waals surface area contributed by atoms with Gasteiger partial charge in [-0.2, -0.15) is 0 Å². The highest BCUT2D eigenvalue weighted by molar-refractivity contribution is 7.92. The SMILES string of the molecule is CC[C@@H](C)NC(=O)[C@@H](Cc1ccccc1)N(Cc1cccc(C)c1)C(=O)CCCN(c1cccc(Cl)c1)S(C)(=O)=O. The lowest BCUT2D eigenvalue weighted by molar-refractivity contribution is -0.141. The molecule has 7 nitrogen and oxygen atoms in total. The number of carbonyl (C=O) groups excluding carboxylic acids is 2. The van der Waals surface area contributed by atoms with Crippen LogP contribution in [0, 0.1) is 6.92 Å². The first-order chi connectivity index (χ1) is 19.5. The molecule has 0 fully saturated rings. The highest BCUT2D eigenvalue weighted by Gasteiger charge is 2.31. The lowest BCUT2D eigenvalue weighted by Crippen LogP contribution is -2.52. The minimum atomic E-state index is -3.61. The van der Waals surface area contributed by atoms with Crippen molar-refractivity contribution in [1.29, 1.82) is 0 Å². The van der Waals surface area contributed by atoms with Crippen molar-refractivity contribution in [3.63, 3.8) is 0 Å². The molecule has 0 aliphatic carbocycles. The molecule has 0 saturated carbocycles. The van der Waals surface area contributed by atoms with Crippen LogP contribution in [0.3, 0.4) is 0 Å². The lowest BCUT2D eigenvalue weighted by Gasteiger charge is -2.33. The van der Waals surface area contributed by atoms with Gasteiger partial charge in [-0.3, -0.25) is 13.9 Å². The quantitative estimate of drug-likeness (QED) is 0.256. The smallest absolute Gasteiger partial charge is 0.243 e. The van der Waals surface area contributed by atoms with Gasteiger partial charge in [-0.1, -0.05) is 84.8 Å². The molecule has 0 spiro atoms. The predicted molar refractivity (Wildman–Crippen MR) is 166 cm³/mol. The van der Waals surface area contributed by atoms with Crippen molar-refractivity contribution in [2.75, 3.05) is 17.1 Å². The normalized spacial score (nSPS) is 12.8. The molecule has 0 saturated heterocycles. The third-order valence-electron chi connectivity index (χ3n) is 6.96. The number of halogens is 1. The van der Waals surface area contributed by atoms with E-state index in [0.29, 0.717) is 17.1 Å². The Morgan fingerprint density at radius 3 is 2.27 bits per heavy atom. The van der Waals surface area contributed by atoms with Crippen LogP contribution >= 0.6 is 11.6 Å². The highest BCUT2D eigenvalue weighted by Crippen LogP contribution is 2.23. The molecule has 0 radical (unpaired) electrons. The first-order valence-electron chi connectivity index (χ1n) is 13.9. The summed E-state index contributed by atoms with van der Waals surface area (Å²) in [4.78, 5) is 29.2. The summed E-state index contributed by atoms with van der Waals surface area (Å²) in [6.45, 7) is 6.30. The maximum absolute atomic E-state index is 13.9. The minimum Gasteiger partial charge on any atom is -0.352 e. The Morgan fingerprint density at radius 2 is 1.63 bits per heavy atom. The van der Waals surface area contributed by atoms with Crippen molar-refractivity contribution >= 4 is 39.1 Å². The largest absolute Gasteiger partial charge is 0.352 e. The van der Waals surface area contributed by atoms with Crippen molar-refractivity contribution in [2.45, 2.75) is 65.1 Å². The van der Waals surface area contributed by atoms with Crippen LogP contribution < -0.4 is 9.62 Å². The van der Waals surface area contributed by atoms with E-state index in [9.17, 15) is 18.0 Å². The van der Waals surface area contributed by atoms with E-state index in [0.717, 1.165) is 29.4 Å². The van der Waals surface area contributed by atoms with Gasteiger partial charge in [-0.05, 0) is 56.0 Å². The zero-order valence-electron chi connectivity index (χ0n) is 24.2. The van der Waals surface area contributed by atoms with E-state index in [1.165, 1.54) is 4.31 Å². The Hall–Kier alpha value is -3.36. The Bertz CT molecular complexity index is 1420. The molecular formula is C32H40ClN3O4S. The Kier molecular flexibility index (Phi) is 11.8. The molecule has 3 aromatic rings. The number of benzene rings is 3. The summed E-state index contributed by atoms with van der Waals surface area (Å²) >= 11 is 6.11. The van der Waals surface area contributed by atoms with Crippen LogP contribution in [0.25, 0.3) is 0 Å². The number of nitrogens with one attached hydrogen (secondary N) is 1. The molecular weight excluding hydrogens is 558 g/mol. The summed E-state index contributed by atoms with van der Waals surface area (Å²) in [7, 11) is -3.61. The number of amides is 2. The molecule has 2 amide bonds. The van der Waals surface area contributed by atoms with E-state index in [-0.39, 0.29) is 43.8 Å². The maximum Gasteiger partial charge on any atom is 0.243 e. The second-order valence-corrected chi connectivity index (χ2v) is 12.8. The van der Waals surface area contributed by atoms with Crippen molar-refractivity contribution in [2.24, 2.45) is 0 Å². The lowest BCUT2D eigenvalue weighted by atomic mass is 10.0. The molecule has 3 aromatic carbocycles. The zero-order chi connectivity index (χ0) is 30.0. The molecule has 0 bridgehead atoms. The highest BCUT2D eigenvalue weighted by atomic mass is 35.5. The topological polar surface area (TPSA) is 86.8 Å². The number of sulfonamides is 1. The summed E-state index contributed by atoms with van der Waals surface area (Å²) < 4.78 is 26.4. The summed E-state index contributed by atoms with van der Waals surface area (Å²) in [6, 6.07) is 23.4. The van der Waals surface area contributed by atoms with Crippen LogP contribution in [-0.4, -0.2) is 50.0 Å². The zero-order valence-corrected chi connectivity index (χ0v) is 25.8. The summed E-state index contributed by atoms with van der Waals surface area (Å²) in [6.07, 6.45) is 2.60. The molecule has 3 rings (SSSR count). The van der Waals surface area contributed by atoms with Crippen LogP contribution in [-0.2, 0) is 32.6 Å². The average Bonchev–Trinajstić information content (AvgIpc) is 2.92. The van der Waals surface area contributed by atoms with E-state index in [1.807, 2.05) is 75.4 Å². The van der Waals surface area contributed by atoms with Gasteiger partial charge in [0.05, 0.1) is 11.9 Å². The van der Waals surface area contributed by atoms with Gasteiger partial charge in [0.2, 0.25) is 21.8 Å². The monoisotopic (exact) mass is 597 g/mol. The van der Waals surface area contributed by atoms with Gasteiger partial charge in [0.15, 0.2) is 0 Å². The van der Waals surface area contributed by atoms with Crippen LogP contribution in [0.2, 0.25) is 5.02 Å². The summed E-state index contributed by atoms with van der Waals surface area (Å²) in [5, 5.41) is 3.49. The maximum atomic E-state index is 13.9. The van der Waals surface area contributed by atoms with E-state index >= 15 is 0 Å². The van der Waals surface area contributed by atoms with Gasteiger partial charge in [-0.15, -0.1) is 0 Å². The number of hydrogen-bond donors (Lipinski definition) is 1. The standard InChI is InChI=1S/C32H40ClN3O4S/c1-5-25(3)34-32(38)30(21-26-13-7-6-8-14-26)35(23-27-15-9-12-24(2)20-27)31(37)18-11-19-36(41(4,39)40)29-17-10-16-28(33)22-29/h6-10,12-17,20,22,25,30H,5,11,18-19,21,23H2,1-4H3,(H,34,38)/t25-,30-/m1/s1. The average molecular weight is 598 g/mol. The van der Waals surface area contributed by atoms with Crippen LogP contribution in [0.4, 0.5) is 5.69 Å². The van der Waals surface area contributed by atoms with Crippen LogP contribution in [0.1, 0.15) is 49.8 Å². The van der Waals surface area contributed by atoms with Gasteiger partial charge in [-0.25, -0.2) is 8.42 Å². The number of anilines is 1. The van der Waals surface area contributed by atoms with Crippen molar-refractivity contribution in [1.82, 2.24) is 10.2 Å². The number of rotatable bonds is 14. The van der Waals surface area contributed by atoms with Crippen molar-refractivity contribution in [3.8, 4) is 0 Å². The molecule has 41 heavy (non-hydrogen) atoms. The van der Waals surface area contributed by atoms with Crippen molar-refractivity contribution < 1.29 is 18.0 Å². The van der Waals surface area contributed by atoms with Crippen LogP contribution in [0.15, 0.2) is 78.9 Å². The van der Waals surface area contributed by atoms with E-state index in [1.54, 1.807) is 29.2 Å². The van der Waals surface area contributed by atoms with Gasteiger partial charge in [0.1, 0.15) is 6.04 Å². The molecule has 9 heteroatoms. The predicted octanol–water partition coefficient (Wildman–Crippen LogP) is 5.75. The first kappa shape index (κ1) is 32.2. The third kappa shape index (κ3) is 9.90. The van der Waals surface area contributed by atoms with Gasteiger partial charge < -0.3 is 10.2 Å². The van der Waals surface area contributed by atoms with E-state index < -0.39 is 16.1 Å². The number of hydrogen-bond acceptors (Lipinski definition) is 4. The fourth-order valence-corrected chi connectivity index (χ4v) is 5.78. The molecule has 0 aromatic heterocycles. The molecule has 1 N–H and O–H groups in total. The van der Waals surface area contributed by atoms with Gasteiger partial charge in [0, 0.05) is 37.0 Å². The molecule has 0 aliphatic heterocycles. The summed E-state index contributed by atoms with van der Waals surface area (Å²) in [5.41, 5.74) is 3.37. The Labute approximate surface area is 249 Å². The second kappa shape index (κ2) is 15.0. The number of nitrogens with zero attached hydrogens (tertiary/aromatic N) is 2. The van der Waals surface area contributed by atoms with E-state index in [4.69, 9.17) is 11.6 Å². The Balaban J connectivity index is 1.89. The molecule has 0 aliphatic rings.